The van der Waals surface area contributed by atoms with Crippen LogP contribution < -0.4 is 15.4 Å². The smallest absolute Gasteiger partial charge is 0.417 e. The summed E-state index contributed by atoms with van der Waals surface area (Å²) in [4.78, 5) is 38.6. The van der Waals surface area contributed by atoms with E-state index in [0.717, 1.165) is 17.8 Å². The van der Waals surface area contributed by atoms with Crippen LogP contribution in [0.4, 0.5) is 32.6 Å². The first-order valence-electron chi connectivity index (χ1n) is 16.2. The van der Waals surface area contributed by atoms with Crippen LogP contribution in [0, 0.1) is 23.0 Å². The number of anilines is 2. The Bertz CT molecular complexity index is 2180. The molecule has 17 heteroatoms. The third kappa shape index (κ3) is 6.77. The SMILES string of the molecule is C=CC(=O)N1C(C)CN(C(=NC)c2cc(C(F)(F)F)c(-c3c(F)cc(F)c4sc(N)c(C#N)c34)c3c2N(C=O)CC(Oc2ccncc2)CS3)CC1C. The fourth-order valence-corrected chi connectivity index (χ4v) is 9.26. The van der Waals surface area contributed by atoms with Gasteiger partial charge in [0.25, 0.3) is 0 Å². The average Bonchev–Trinajstić information content (AvgIpc) is 3.34. The molecule has 2 aliphatic rings. The number of aromatic nitrogens is 1. The van der Waals surface area contributed by atoms with Gasteiger partial charge < -0.3 is 25.2 Å². The van der Waals surface area contributed by atoms with E-state index < -0.39 is 58.1 Å². The van der Waals surface area contributed by atoms with E-state index in [1.165, 1.54) is 30.4 Å². The molecule has 1 saturated heterocycles. The Labute approximate surface area is 309 Å². The Morgan fingerprint density at radius 2 is 1.81 bits per heavy atom. The van der Waals surface area contributed by atoms with Gasteiger partial charge >= 0.3 is 6.18 Å². The normalized spacial score (nSPS) is 19.4. The van der Waals surface area contributed by atoms with Crippen LogP contribution in [-0.4, -0.2) is 83.6 Å². The van der Waals surface area contributed by atoms with Crippen molar-refractivity contribution < 1.29 is 36.3 Å². The number of fused-ring (bicyclic) bond motifs is 2. The number of rotatable bonds is 6. The molecule has 1 fully saturated rings. The molecule has 0 radical (unpaired) electrons. The number of nitrogen functional groups attached to an aromatic ring is 1. The van der Waals surface area contributed by atoms with E-state index in [9.17, 15) is 14.9 Å². The van der Waals surface area contributed by atoms with E-state index in [-0.39, 0.29) is 68.5 Å². The number of pyridine rings is 1. The van der Waals surface area contributed by atoms with E-state index in [1.807, 2.05) is 0 Å². The van der Waals surface area contributed by atoms with Crippen molar-refractivity contribution in [2.75, 3.05) is 43.1 Å². The fourth-order valence-electron chi connectivity index (χ4n) is 7.08. The molecule has 2 amide bonds. The van der Waals surface area contributed by atoms with E-state index in [0.29, 0.717) is 29.6 Å². The molecule has 4 heterocycles. The number of amidine groups is 1. The second-order valence-electron chi connectivity index (χ2n) is 12.5. The number of halogens is 5. The highest BCUT2D eigenvalue weighted by Gasteiger charge is 2.43. The Morgan fingerprint density at radius 3 is 2.40 bits per heavy atom. The lowest BCUT2D eigenvalue weighted by atomic mass is 9.90. The van der Waals surface area contributed by atoms with Crippen LogP contribution in [0.15, 0.2) is 59.2 Å². The number of aliphatic imine (C=N–C) groups is 1. The number of nitrogens with zero attached hydrogens (tertiary/aromatic N) is 6. The minimum absolute atomic E-state index is 0.00867. The van der Waals surface area contributed by atoms with Gasteiger partial charge in [0.1, 0.15) is 40.4 Å². The van der Waals surface area contributed by atoms with Gasteiger partial charge in [0.05, 0.1) is 28.1 Å². The maximum atomic E-state index is 16.3. The van der Waals surface area contributed by atoms with E-state index in [2.05, 4.69) is 16.6 Å². The lowest BCUT2D eigenvalue weighted by Gasteiger charge is -2.45. The van der Waals surface area contributed by atoms with Crippen molar-refractivity contribution in [2.24, 2.45) is 4.99 Å². The molecule has 276 valence electrons. The first kappa shape index (κ1) is 37.5. The molecule has 2 N–H and O–H groups in total. The Kier molecular flexibility index (Phi) is 10.4. The molecule has 0 aliphatic carbocycles. The number of carbonyl (C=O) groups is 2. The number of amides is 2. The van der Waals surface area contributed by atoms with Crippen molar-refractivity contribution in [3.63, 3.8) is 0 Å². The summed E-state index contributed by atoms with van der Waals surface area (Å²) < 4.78 is 83.9. The van der Waals surface area contributed by atoms with Crippen molar-refractivity contribution in [2.45, 2.75) is 43.1 Å². The second kappa shape index (κ2) is 14.7. The molecule has 0 saturated carbocycles. The number of nitriles is 1. The molecule has 0 bridgehead atoms. The molecular formula is C36H32F5N7O3S2. The summed E-state index contributed by atoms with van der Waals surface area (Å²) in [5.74, 6) is -2.28. The molecule has 2 aromatic carbocycles. The summed E-state index contributed by atoms with van der Waals surface area (Å²) in [6.07, 6.45) is -1.29. The van der Waals surface area contributed by atoms with Gasteiger partial charge in [-0.05, 0) is 38.1 Å². The standard InChI is InChI=1S/C36H32F5N7O3S2/c1-5-27(50)48-18(2)13-46(14-19(48)3)35(44-4)22-10-24(36(39,40)41)29(30-25(37)11-26(38)32-28(30)23(12-42)34(43)53-32)33-31(22)47(17-49)15-21(16-52-33)51-20-6-8-45-9-7-20/h5-11,17-19,21H,1,13-16,43H2,2-4H3. The van der Waals surface area contributed by atoms with Gasteiger partial charge in [0, 0.05) is 83.4 Å². The second-order valence-corrected chi connectivity index (χ2v) is 14.6. The van der Waals surface area contributed by atoms with Crippen molar-refractivity contribution in [1.82, 2.24) is 14.8 Å². The van der Waals surface area contributed by atoms with Gasteiger partial charge in [-0.2, -0.15) is 18.4 Å². The van der Waals surface area contributed by atoms with Crippen LogP contribution in [0.5, 0.6) is 5.75 Å². The number of hydrogen-bond donors (Lipinski definition) is 1. The highest BCUT2D eigenvalue weighted by molar-refractivity contribution is 7.99. The zero-order valence-corrected chi connectivity index (χ0v) is 30.2. The quantitative estimate of drug-likeness (QED) is 0.0754. The third-order valence-electron chi connectivity index (χ3n) is 9.10. The Hall–Kier alpha value is -5.21. The first-order valence-corrected chi connectivity index (χ1v) is 18.0. The summed E-state index contributed by atoms with van der Waals surface area (Å²) in [5.41, 5.74) is 2.88. The third-order valence-corrected chi connectivity index (χ3v) is 11.4. The minimum atomic E-state index is -5.14. The Morgan fingerprint density at radius 1 is 1.13 bits per heavy atom. The number of nitrogens with two attached hydrogens (primary N) is 1. The number of ether oxygens (including phenoxy) is 1. The zero-order valence-electron chi connectivity index (χ0n) is 28.6. The maximum absolute atomic E-state index is 16.3. The highest BCUT2D eigenvalue weighted by Crippen LogP contribution is 2.53. The largest absolute Gasteiger partial charge is 0.488 e. The van der Waals surface area contributed by atoms with Crippen LogP contribution in [0.1, 0.15) is 30.5 Å². The number of benzene rings is 2. The number of hydrogen-bond acceptors (Lipinski definition) is 9. The molecule has 4 aromatic rings. The molecule has 2 aromatic heterocycles. The van der Waals surface area contributed by atoms with Gasteiger partial charge in [0.2, 0.25) is 12.3 Å². The molecular weight excluding hydrogens is 738 g/mol. The lowest BCUT2D eigenvalue weighted by Crippen LogP contribution is -2.59. The average molecular weight is 770 g/mol. The van der Waals surface area contributed by atoms with Gasteiger partial charge in [-0.15, -0.1) is 23.1 Å². The molecule has 0 spiro atoms. The van der Waals surface area contributed by atoms with Crippen molar-refractivity contribution in [1.29, 1.82) is 5.26 Å². The molecule has 10 nitrogen and oxygen atoms in total. The Balaban J connectivity index is 1.66. The van der Waals surface area contributed by atoms with Crippen LogP contribution >= 0.6 is 23.1 Å². The predicted octanol–water partition coefficient (Wildman–Crippen LogP) is 6.71. The number of carbonyl (C=O) groups excluding carboxylic acids is 2. The van der Waals surface area contributed by atoms with Gasteiger partial charge in [-0.25, -0.2) is 8.78 Å². The van der Waals surface area contributed by atoms with Gasteiger partial charge in [-0.1, -0.05) is 6.58 Å². The monoisotopic (exact) mass is 769 g/mol. The summed E-state index contributed by atoms with van der Waals surface area (Å²) in [5, 5.41) is 9.40. The van der Waals surface area contributed by atoms with Crippen molar-refractivity contribution >= 4 is 62.0 Å². The van der Waals surface area contributed by atoms with Gasteiger partial charge in [-0.3, -0.25) is 19.6 Å². The maximum Gasteiger partial charge on any atom is 0.417 e. The molecule has 2 aliphatic heterocycles. The van der Waals surface area contributed by atoms with Crippen LogP contribution in [0.2, 0.25) is 0 Å². The number of thioether (sulfide) groups is 1. The van der Waals surface area contributed by atoms with E-state index in [4.69, 9.17) is 10.5 Å². The van der Waals surface area contributed by atoms with Crippen LogP contribution in [-0.2, 0) is 15.8 Å². The molecule has 53 heavy (non-hydrogen) atoms. The minimum Gasteiger partial charge on any atom is -0.488 e. The van der Waals surface area contributed by atoms with Crippen molar-refractivity contribution in [3.8, 4) is 22.9 Å². The topological polar surface area (TPSA) is 128 Å². The van der Waals surface area contributed by atoms with E-state index in [1.54, 1.807) is 41.8 Å². The highest BCUT2D eigenvalue weighted by atomic mass is 32.2. The number of alkyl halides is 3. The first-order chi connectivity index (χ1) is 25.2. The summed E-state index contributed by atoms with van der Waals surface area (Å²) in [6.45, 7) is 7.36. The fraction of sp³-hybridized carbons (Fsp3) is 0.306. The summed E-state index contributed by atoms with van der Waals surface area (Å²) >= 11 is 1.51. The number of piperazine rings is 1. The van der Waals surface area contributed by atoms with E-state index >= 15 is 22.0 Å². The molecule has 6 rings (SSSR count). The summed E-state index contributed by atoms with van der Waals surface area (Å²) in [7, 11) is 1.40. The zero-order chi connectivity index (χ0) is 38.4. The lowest BCUT2D eigenvalue weighted by molar-refractivity contribution is -0.137. The van der Waals surface area contributed by atoms with Crippen molar-refractivity contribution in [3.05, 3.63) is 77.6 Å². The molecule has 3 atom stereocenters. The summed E-state index contributed by atoms with van der Waals surface area (Å²) in [6, 6.07) is 5.43. The predicted molar refractivity (Wildman–Crippen MR) is 194 cm³/mol. The van der Waals surface area contributed by atoms with Crippen LogP contribution in [0.3, 0.4) is 0 Å². The number of thiophene rings is 1. The van der Waals surface area contributed by atoms with Gasteiger partial charge in [0.15, 0.2) is 0 Å². The van der Waals surface area contributed by atoms with Crippen LogP contribution in [0.25, 0.3) is 21.2 Å². The molecule has 3 unspecified atom stereocenters.